The zero-order chi connectivity index (χ0) is 38.5. The van der Waals surface area contributed by atoms with Crippen molar-refractivity contribution in [1.29, 1.82) is 0 Å². The monoisotopic (exact) mass is 782 g/mol. The molecule has 4 heterocycles. The van der Waals surface area contributed by atoms with Gasteiger partial charge in [0.2, 0.25) is 0 Å². The number of rotatable bonds is 5. The van der Waals surface area contributed by atoms with E-state index in [4.69, 9.17) is 23.2 Å². The normalized spacial score (nSPS) is 25.7. The van der Waals surface area contributed by atoms with Gasteiger partial charge in [-0.15, -0.1) is 0 Å². The van der Waals surface area contributed by atoms with Crippen molar-refractivity contribution in [3.63, 3.8) is 0 Å². The number of allylic oxidation sites excluding steroid dienone is 2. The van der Waals surface area contributed by atoms with Gasteiger partial charge in [-0.3, -0.25) is 29.2 Å². The van der Waals surface area contributed by atoms with Gasteiger partial charge in [0.25, 0.3) is 23.6 Å². The van der Waals surface area contributed by atoms with E-state index in [1.165, 1.54) is 18.2 Å². The number of phenols is 1. The molecule has 2 saturated heterocycles. The van der Waals surface area contributed by atoms with Crippen LogP contribution in [-0.2, 0) is 31.5 Å². The minimum absolute atomic E-state index is 0.0356. The van der Waals surface area contributed by atoms with E-state index in [2.05, 4.69) is 9.97 Å². The Bertz CT molecular complexity index is 2110. The van der Waals surface area contributed by atoms with Crippen LogP contribution in [0.5, 0.6) is 5.75 Å². The standard InChI is InChI=1S/C34H26Cl2F6N6O5/c1-45(27-19(35)9-11-22(43-27)33(37,38)39)47-29(50)16-8-7-14-17(25(16)31(47)52)13-18-26(24(14)15-5-3-4-6-21(15)49)32(53)48(30(18)51)46(2)28-20(36)10-12-23(44-28)34(40,41)42/h3-7,9-12,16-18,24-26,49H,8,13H2,1-2H3/t16-,17+,18+,24+,25-,26+/m0/s1. The van der Waals surface area contributed by atoms with Crippen molar-refractivity contribution in [3.05, 3.63) is 87.2 Å². The maximum atomic E-state index is 14.3. The van der Waals surface area contributed by atoms with Crippen LogP contribution >= 0.6 is 23.2 Å². The second-order valence-electron chi connectivity index (χ2n) is 13.1. The van der Waals surface area contributed by atoms with Gasteiger partial charge in [-0.2, -0.15) is 36.4 Å². The molecule has 0 bridgehead atoms. The highest BCUT2D eigenvalue weighted by atomic mass is 35.5. The molecule has 3 fully saturated rings. The number of fused-ring (bicyclic) bond motifs is 4. The number of para-hydroxylation sites is 1. The predicted octanol–water partition coefficient (Wildman–Crippen LogP) is 6.27. The van der Waals surface area contributed by atoms with E-state index in [0.717, 1.165) is 36.2 Å². The summed E-state index contributed by atoms with van der Waals surface area (Å²) in [5.74, 6) is -11.0. The van der Waals surface area contributed by atoms with Gasteiger partial charge in [0, 0.05) is 25.6 Å². The third-order valence-corrected chi connectivity index (χ3v) is 10.9. The average Bonchev–Trinajstić information content (AvgIpc) is 3.50. The fourth-order valence-electron chi connectivity index (χ4n) is 8.07. The Hall–Kier alpha value is -4.90. The van der Waals surface area contributed by atoms with Gasteiger partial charge in [0.05, 0.1) is 33.7 Å². The van der Waals surface area contributed by atoms with Crippen LogP contribution in [0.2, 0.25) is 10.0 Å². The number of nitrogens with zero attached hydrogens (tertiary/aromatic N) is 6. The molecule has 53 heavy (non-hydrogen) atoms. The molecule has 1 aromatic carbocycles. The summed E-state index contributed by atoms with van der Waals surface area (Å²) < 4.78 is 81.4. The summed E-state index contributed by atoms with van der Waals surface area (Å²) >= 11 is 12.4. The SMILES string of the molecule is CN(c1nc(C(F)(F)F)ccc1Cl)N1C(=O)[C@H]2[C@H](CC=C3[C@H]2C[C@H]2C(=O)N(N(C)c4nc(C(F)(F)F)ccc4Cl)C(=O)[C@H]2[C@H]3c2ccccc2O)C1=O. The summed E-state index contributed by atoms with van der Waals surface area (Å²) in [6.45, 7) is 0. The number of carbonyl (C=O) groups is 4. The number of hydrogen-bond acceptors (Lipinski definition) is 9. The van der Waals surface area contributed by atoms with Crippen LogP contribution in [0.25, 0.3) is 0 Å². The first-order valence-electron chi connectivity index (χ1n) is 16.0. The van der Waals surface area contributed by atoms with E-state index in [1.807, 2.05) is 0 Å². The molecule has 0 unspecified atom stereocenters. The largest absolute Gasteiger partial charge is 0.508 e. The molecule has 6 atom stereocenters. The Balaban J connectivity index is 1.28. The molecule has 19 heteroatoms. The van der Waals surface area contributed by atoms with Gasteiger partial charge in [-0.1, -0.05) is 53.1 Å². The molecule has 1 saturated carbocycles. The van der Waals surface area contributed by atoms with Crippen LogP contribution in [0, 0.1) is 29.6 Å². The van der Waals surface area contributed by atoms with Gasteiger partial charge in [-0.25, -0.2) is 9.97 Å². The number of hydrazine groups is 2. The summed E-state index contributed by atoms with van der Waals surface area (Å²) in [6, 6.07) is 9.18. The van der Waals surface area contributed by atoms with Crippen LogP contribution in [0.4, 0.5) is 38.0 Å². The summed E-state index contributed by atoms with van der Waals surface area (Å²) in [6.07, 6.45) is -8.28. The molecule has 11 nitrogen and oxygen atoms in total. The van der Waals surface area contributed by atoms with Crippen LogP contribution < -0.4 is 10.0 Å². The van der Waals surface area contributed by atoms with Crippen molar-refractivity contribution < 1.29 is 50.6 Å². The molecule has 2 aliphatic heterocycles. The molecular weight excluding hydrogens is 757 g/mol. The van der Waals surface area contributed by atoms with Crippen molar-refractivity contribution in [1.82, 2.24) is 20.0 Å². The maximum Gasteiger partial charge on any atom is 0.433 e. The molecule has 3 aromatic rings. The topological polar surface area (TPSA) is 127 Å². The number of alkyl halides is 6. The number of aromatic hydroxyl groups is 1. The van der Waals surface area contributed by atoms with Crippen LogP contribution in [0.1, 0.15) is 35.7 Å². The molecule has 7 rings (SSSR count). The first-order chi connectivity index (χ1) is 24.8. The molecule has 0 spiro atoms. The van der Waals surface area contributed by atoms with E-state index in [0.29, 0.717) is 27.7 Å². The zero-order valence-electron chi connectivity index (χ0n) is 27.4. The van der Waals surface area contributed by atoms with Crippen molar-refractivity contribution in [3.8, 4) is 5.75 Å². The van der Waals surface area contributed by atoms with Gasteiger partial charge in [0.15, 0.2) is 11.6 Å². The number of imide groups is 2. The second-order valence-corrected chi connectivity index (χ2v) is 13.9. The first kappa shape index (κ1) is 36.5. The maximum absolute atomic E-state index is 14.3. The number of phenolic OH excluding ortho intramolecular Hbond substituents is 1. The van der Waals surface area contributed by atoms with Crippen molar-refractivity contribution >= 4 is 58.5 Å². The van der Waals surface area contributed by atoms with Gasteiger partial charge in [0.1, 0.15) is 17.1 Å². The Morgan fingerprint density at radius 1 is 0.698 bits per heavy atom. The summed E-state index contributed by atoms with van der Waals surface area (Å²) in [7, 11) is 2.32. The Kier molecular flexibility index (Phi) is 8.67. The highest BCUT2D eigenvalue weighted by Crippen LogP contribution is 2.59. The number of halogens is 8. The van der Waals surface area contributed by atoms with E-state index < -0.39 is 94.5 Å². The number of benzene rings is 1. The molecular formula is C34H26Cl2F6N6O5. The minimum Gasteiger partial charge on any atom is -0.508 e. The minimum atomic E-state index is -4.88. The molecule has 1 N–H and O–H groups in total. The molecule has 2 aliphatic carbocycles. The lowest BCUT2D eigenvalue weighted by atomic mass is 9.57. The predicted molar refractivity (Wildman–Crippen MR) is 175 cm³/mol. The van der Waals surface area contributed by atoms with E-state index in [1.54, 1.807) is 12.1 Å². The number of carbonyl (C=O) groups excluding carboxylic acids is 4. The van der Waals surface area contributed by atoms with Crippen LogP contribution in [0.3, 0.4) is 0 Å². The highest BCUT2D eigenvalue weighted by Gasteiger charge is 2.63. The van der Waals surface area contributed by atoms with Crippen LogP contribution in [0.15, 0.2) is 60.2 Å². The van der Waals surface area contributed by atoms with Crippen molar-refractivity contribution in [2.75, 3.05) is 24.1 Å². The van der Waals surface area contributed by atoms with E-state index in [9.17, 15) is 50.6 Å². The molecule has 4 amide bonds. The number of pyridine rings is 2. The number of anilines is 2. The summed E-state index contributed by atoms with van der Waals surface area (Å²) in [5.41, 5.74) is -1.94. The van der Waals surface area contributed by atoms with Crippen molar-refractivity contribution in [2.45, 2.75) is 31.1 Å². The Morgan fingerprint density at radius 2 is 1.19 bits per heavy atom. The Labute approximate surface area is 306 Å². The Morgan fingerprint density at radius 3 is 1.70 bits per heavy atom. The van der Waals surface area contributed by atoms with Gasteiger partial charge < -0.3 is 5.11 Å². The third-order valence-electron chi connectivity index (χ3n) is 10.3. The molecule has 4 aliphatic rings. The van der Waals surface area contributed by atoms with E-state index >= 15 is 0 Å². The zero-order valence-corrected chi connectivity index (χ0v) is 28.9. The van der Waals surface area contributed by atoms with Gasteiger partial charge in [-0.05, 0) is 49.1 Å². The number of amides is 4. The molecule has 278 valence electrons. The third kappa shape index (κ3) is 5.75. The lowest BCUT2D eigenvalue weighted by Gasteiger charge is -2.44. The van der Waals surface area contributed by atoms with Crippen molar-refractivity contribution in [2.24, 2.45) is 29.6 Å². The molecule has 0 radical (unpaired) electrons. The lowest BCUT2D eigenvalue weighted by molar-refractivity contribution is -0.143. The van der Waals surface area contributed by atoms with E-state index in [-0.39, 0.29) is 34.2 Å². The first-order valence-corrected chi connectivity index (χ1v) is 16.8. The summed E-state index contributed by atoms with van der Waals surface area (Å²) in [5, 5.41) is 13.5. The lowest BCUT2D eigenvalue weighted by Crippen LogP contribution is -2.46. The number of aromatic nitrogens is 2. The van der Waals surface area contributed by atoms with Crippen LogP contribution in [-0.4, -0.2) is 62.8 Å². The second kappa shape index (κ2) is 12.6. The highest BCUT2D eigenvalue weighted by molar-refractivity contribution is 6.33. The quantitative estimate of drug-likeness (QED) is 0.181. The fourth-order valence-corrected chi connectivity index (χ4v) is 8.52. The number of hydrogen-bond donors (Lipinski definition) is 1. The fraction of sp³-hybridized carbons (Fsp3) is 0.353. The smallest absolute Gasteiger partial charge is 0.433 e. The van der Waals surface area contributed by atoms with Gasteiger partial charge >= 0.3 is 12.4 Å². The summed E-state index contributed by atoms with van der Waals surface area (Å²) in [4.78, 5) is 63.9. The molecule has 2 aromatic heterocycles. The average molecular weight is 784 g/mol.